The number of guanidine groups is 1. The van der Waals surface area contributed by atoms with Crippen LogP contribution < -0.4 is 15.4 Å². The lowest BCUT2D eigenvalue weighted by Crippen LogP contribution is -2.45. The zero-order chi connectivity index (χ0) is 19.9. The topological polar surface area (TPSA) is 66.0 Å². The van der Waals surface area contributed by atoms with E-state index in [9.17, 15) is 9.18 Å². The van der Waals surface area contributed by atoms with Crippen LogP contribution in [0.25, 0.3) is 0 Å². The smallest absolute Gasteiger partial charge is 0.241 e. The number of nitrogens with one attached hydrogen (secondary N) is 2. The normalized spacial score (nSPS) is 16.0. The third-order valence-electron chi connectivity index (χ3n) is 4.51. The number of aliphatic imine (C=N–C) groups is 1. The number of hydrogen-bond donors (Lipinski definition) is 2. The van der Waals surface area contributed by atoms with E-state index in [0.29, 0.717) is 19.1 Å². The molecule has 0 aliphatic carbocycles. The van der Waals surface area contributed by atoms with Crippen LogP contribution in [0, 0.1) is 5.82 Å². The van der Waals surface area contributed by atoms with Crippen molar-refractivity contribution in [1.29, 1.82) is 0 Å². The molecule has 1 unspecified atom stereocenters. The molecule has 0 fully saturated rings. The minimum atomic E-state index is -0.278. The molecule has 1 heterocycles. The number of amides is 1. The van der Waals surface area contributed by atoms with E-state index in [-0.39, 0.29) is 24.3 Å². The van der Waals surface area contributed by atoms with E-state index in [4.69, 9.17) is 4.74 Å². The maximum absolute atomic E-state index is 13.1. The fourth-order valence-electron chi connectivity index (χ4n) is 2.89. The summed E-state index contributed by atoms with van der Waals surface area (Å²) in [7, 11) is 3.42. The number of carbonyl (C=O) groups is 1. The van der Waals surface area contributed by atoms with Crippen molar-refractivity contribution in [3.63, 3.8) is 0 Å². The van der Waals surface area contributed by atoms with E-state index < -0.39 is 0 Å². The Hall–Kier alpha value is -3.09. The number of rotatable bonds is 5. The minimum absolute atomic E-state index is 0.0267. The number of hydrogen-bond acceptors (Lipinski definition) is 3. The lowest BCUT2D eigenvalue weighted by Gasteiger charge is -2.28. The van der Waals surface area contributed by atoms with E-state index in [0.717, 1.165) is 23.3 Å². The van der Waals surface area contributed by atoms with Gasteiger partial charge in [0.1, 0.15) is 11.6 Å². The number of para-hydroxylation sites is 1. The van der Waals surface area contributed by atoms with Gasteiger partial charge in [-0.05, 0) is 23.8 Å². The highest BCUT2D eigenvalue weighted by Crippen LogP contribution is 2.31. The van der Waals surface area contributed by atoms with Crippen molar-refractivity contribution in [2.45, 2.75) is 19.0 Å². The first-order chi connectivity index (χ1) is 13.5. The lowest BCUT2D eigenvalue weighted by molar-refractivity contribution is -0.127. The quantitative estimate of drug-likeness (QED) is 0.614. The molecule has 1 aliphatic heterocycles. The number of nitrogens with zero attached hydrogens (tertiary/aromatic N) is 2. The van der Waals surface area contributed by atoms with Gasteiger partial charge in [0.15, 0.2) is 5.96 Å². The number of ether oxygens (including phenoxy) is 1. The van der Waals surface area contributed by atoms with Crippen molar-refractivity contribution < 1.29 is 13.9 Å². The van der Waals surface area contributed by atoms with Crippen molar-refractivity contribution in [3.8, 4) is 5.75 Å². The molecule has 2 aromatic rings. The summed E-state index contributed by atoms with van der Waals surface area (Å²) in [5, 5.41) is 6.50. The summed E-state index contributed by atoms with van der Waals surface area (Å²) in [6, 6.07) is 14.1. The second-order valence-corrected chi connectivity index (χ2v) is 6.80. The van der Waals surface area contributed by atoms with Crippen molar-refractivity contribution >= 4 is 11.9 Å². The predicted octanol–water partition coefficient (Wildman–Crippen LogP) is 2.47. The van der Waals surface area contributed by atoms with Gasteiger partial charge in [-0.1, -0.05) is 30.3 Å². The molecule has 3 rings (SSSR count). The third-order valence-corrected chi connectivity index (χ3v) is 4.51. The predicted molar refractivity (Wildman–Crippen MR) is 107 cm³/mol. The number of likely N-dealkylation sites (N-methyl/N-ethyl adjacent to an activating group) is 1. The Morgan fingerprint density at radius 2 is 1.96 bits per heavy atom. The first kappa shape index (κ1) is 19.7. The minimum Gasteiger partial charge on any atom is -0.493 e. The molecule has 0 saturated carbocycles. The maximum Gasteiger partial charge on any atom is 0.241 e. The van der Waals surface area contributed by atoms with Gasteiger partial charge < -0.3 is 20.3 Å². The van der Waals surface area contributed by atoms with E-state index >= 15 is 0 Å². The number of fused-ring (bicyclic) bond motifs is 1. The molecule has 1 amide bonds. The summed E-state index contributed by atoms with van der Waals surface area (Å²) in [4.78, 5) is 18.1. The first-order valence-electron chi connectivity index (χ1n) is 9.24. The van der Waals surface area contributed by atoms with Crippen LogP contribution in [0.15, 0.2) is 53.5 Å². The molecule has 0 radical (unpaired) electrons. The Balaban J connectivity index is 1.75. The SMILES string of the molecule is CN(C)C(=O)CNC(=NCc1ccc(F)cc1)NC1CCOc2ccccc21. The van der Waals surface area contributed by atoms with Gasteiger partial charge in [0.2, 0.25) is 5.91 Å². The zero-order valence-corrected chi connectivity index (χ0v) is 16.1. The summed E-state index contributed by atoms with van der Waals surface area (Å²) >= 11 is 0. The fourth-order valence-corrected chi connectivity index (χ4v) is 2.89. The molecule has 7 heteroatoms. The van der Waals surface area contributed by atoms with E-state index in [2.05, 4.69) is 15.6 Å². The van der Waals surface area contributed by atoms with Crippen LogP contribution >= 0.6 is 0 Å². The van der Waals surface area contributed by atoms with Crippen LogP contribution in [0.4, 0.5) is 4.39 Å². The molecule has 2 aromatic carbocycles. The Morgan fingerprint density at radius 3 is 2.71 bits per heavy atom. The first-order valence-corrected chi connectivity index (χ1v) is 9.24. The highest BCUT2D eigenvalue weighted by molar-refractivity contribution is 5.86. The van der Waals surface area contributed by atoms with Crippen LogP contribution in [0.2, 0.25) is 0 Å². The second-order valence-electron chi connectivity index (χ2n) is 6.80. The van der Waals surface area contributed by atoms with Gasteiger partial charge in [0, 0.05) is 26.1 Å². The molecule has 6 nitrogen and oxygen atoms in total. The van der Waals surface area contributed by atoms with E-state index in [1.807, 2.05) is 24.3 Å². The van der Waals surface area contributed by atoms with Crippen molar-refractivity contribution in [1.82, 2.24) is 15.5 Å². The van der Waals surface area contributed by atoms with E-state index in [1.165, 1.54) is 17.0 Å². The van der Waals surface area contributed by atoms with Crippen LogP contribution in [-0.2, 0) is 11.3 Å². The Kier molecular flexibility index (Phi) is 6.47. The van der Waals surface area contributed by atoms with Gasteiger partial charge in [-0.2, -0.15) is 0 Å². The van der Waals surface area contributed by atoms with Crippen molar-refractivity contribution in [3.05, 3.63) is 65.5 Å². The lowest BCUT2D eigenvalue weighted by atomic mass is 10.0. The summed E-state index contributed by atoms with van der Waals surface area (Å²) in [5.41, 5.74) is 1.94. The highest BCUT2D eigenvalue weighted by atomic mass is 19.1. The van der Waals surface area contributed by atoms with Crippen LogP contribution in [0.1, 0.15) is 23.6 Å². The van der Waals surface area contributed by atoms with Crippen LogP contribution in [-0.4, -0.2) is 44.0 Å². The molecular weight excluding hydrogens is 359 g/mol. The Labute approximate surface area is 164 Å². The molecular formula is C21H25FN4O2. The molecule has 148 valence electrons. The summed E-state index contributed by atoms with van der Waals surface area (Å²) in [5.74, 6) is 1.05. The molecule has 28 heavy (non-hydrogen) atoms. The van der Waals surface area contributed by atoms with Crippen molar-refractivity contribution in [2.75, 3.05) is 27.2 Å². The Morgan fingerprint density at radius 1 is 1.21 bits per heavy atom. The van der Waals surface area contributed by atoms with Gasteiger partial charge in [-0.25, -0.2) is 9.38 Å². The third kappa shape index (κ3) is 5.22. The summed E-state index contributed by atoms with van der Waals surface area (Å²) < 4.78 is 18.8. The summed E-state index contributed by atoms with van der Waals surface area (Å²) in [6.07, 6.45) is 0.788. The van der Waals surface area contributed by atoms with E-state index in [1.54, 1.807) is 26.2 Å². The average molecular weight is 384 g/mol. The number of carbonyl (C=O) groups excluding carboxylic acids is 1. The fraction of sp³-hybridized carbons (Fsp3) is 0.333. The standard InChI is InChI=1S/C21H25FN4O2/c1-26(2)20(27)14-24-21(23-13-15-7-9-16(22)10-8-15)25-18-11-12-28-19-6-4-3-5-17(18)19/h3-10,18H,11-14H2,1-2H3,(H2,23,24,25). The number of benzene rings is 2. The largest absolute Gasteiger partial charge is 0.493 e. The molecule has 2 N–H and O–H groups in total. The molecule has 0 spiro atoms. The van der Waals surface area contributed by atoms with Gasteiger partial charge in [0.25, 0.3) is 0 Å². The molecule has 0 aromatic heterocycles. The van der Waals surface area contributed by atoms with Gasteiger partial charge in [-0.15, -0.1) is 0 Å². The van der Waals surface area contributed by atoms with Gasteiger partial charge in [-0.3, -0.25) is 4.79 Å². The summed E-state index contributed by atoms with van der Waals surface area (Å²) in [6.45, 7) is 1.11. The number of halogens is 1. The Bertz CT molecular complexity index is 837. The van der Waals surface area contributed by atoms with Gasteiger partial charge >= 0.3 is 0 Å². The monoisotopic (exact) mass is 384 g/mol. The zero-order valence-electron chi connectivity index (χ0n) is 16.1. The van der Waals surface area contributed by atoms with Gasteiger partial charge in [0.05, 0.1) is 25.7 Å². The maximum atomic E-state index is 13.1. The average Bonchev–Trinajstić information content (AvgIpc) is 2.71. The van der Waals surface area contributed by atoms with Crippen molar-refractivity contribution in [2.24, 2.45) is 4.99 Å². The van der Waals surface area contributed by atoms with Crippen LogP contribution in [0.5, 0.6) is 5.75 Å². The second kappa shape index (κ2) is 9.21. The van der Waals surface area contributed by atoms with Crippen LogP contribution in [0.3, 0.4) is 0 Å². The molecule has 1 aliphatic rings. The molecule has 0 bridgehead atoms. The molecule has 1 atom stereocenters. The highest BCUT2D eigenvalue weighted by Gasteiger charge is 2.22. The molecule has 0 saturated heterocycles.